The Hall–Kier alpha value is -3.01. The van der Waals surface area contributed by atoms with Gasteiger partial charge in [0.2, 0.25) is 0 Å². The largest absolute Gasteiger partial charge is 0.383 e. The first-order chi connectivity index (χ1) is 15.9. The number of methoxy groups -OCH3 is 1. The minimum absolute atomic E-state index is 0.229. The number of thiocarbonyl (C=S) groups is 1. The predicted octanol–water partition coefficient (Wildman–Crippen LogP) is 3.49. The second-order valence-corrected chi connectivity index (χ2v) is 9.38. The topological polar surface area (TPSA) is 67.2 Å². The van der Waals surface area contributed by atoms with E-state index in [2.05, 4.69) is 0 Å². The molecule has 0 saturated carbocycles. The van der Waals surface area contributed by atoms with Crippen LogP contribution in [0.15, 0.2) is 58.4 Å². The zero-order valence-corrected chi connectivity index (χ0v) is 20.3. The van der Waals surface area contributed by atoms with Crippen molar-refractivity contribution >= 4 is 51.7 Å². The Morgan fingerprint density at radius 1 is 1.18 bits per heavy atom. The summed E-state index contributed by atoms with van der Waals surface area (Å²) in [5, 5.41) is 0. The molecule has 1 aliphatic heterocycles. The highest BCUT2D eigenvalue weighted by Gasteiger charge is 2.32. The summed E-state index contributed by atoms with van der Waals surface area (Å²) >= 11 is 6.57. The lowest BCUT2D eigenvalue weighted by Gasteiger charge is -2.21. The van der Waals surface area contributed by atoms with Crippen LogP contribution in [0.25, 0.3) is 11.7 Å². The summed E-state index contributed by atoms with van der Waals surface area (Å²) in [6, 6.07) is 13.7. The van der Waals surface area contributed by atoms with Crippen molar-refractivity contribution in [1.82, 2.24) is 14.3 Å². The summed E-state index contributed by atoms with van der Waals surface area (Å²) in [5.74, 6) is 0.285. The molecule has 0 atom stereocenters. The van der Waals surface area contributed by atoms with Crippen LogP contribution in [-0.4, -0.2) is 51.8 Å². The molecule has 9 heteroatoms. The number of fused-ring (bicyclic) bond motifs is 1. The van der Waals surface area contributed by atoms with E-state index in [0.29, 0.717) is 46.0 Å². The maximum absolute atomic E-state index is 13.6. The lowest BCUT2D eigenvalue weighted by Crippen LogP contribution is -2.31. The molecule has 1 aromatic carbocycles. The van der Waals surface area contributed by atoms with E-state index >= 15 is 0 Å². The SMILES string of the molecule is COCCN1C(=O)/C(=C/c2c(N(C)Cc3ccccc3)nc3c(C)cccn3c2=O)SC1=S. The highest BCUT2D eigenvalue weighted by molar-refractivity contribution is 8.26. The van der Waals surface area contributed by atoms with E-state index < -0.39 is 0 Å². The van der Waals surface area contributed by atoms with Gasteiger partial charge in [-0.05, 0) is 30.2 Å². The van der Waals surface area contributed by atoms with Gasteiger partial charge in [0, 0.05) is 26.9 Å². The fourth-order valence-electron chi connectivity index (χ4n) is 3.66. The maximum atomic E-state index is 13.6. The molecule has 0 bridgehead atoms. The van der Waals surface area contributed by atoms with E-state index in [-0.39, 0.29) is 11.5 Å². The Balaban J connectivity index is 1.83. The molecule has 33 heavy (non-hydrogen) atoms. The predicted molar refractivity (Wildman–Crippen MR) is 137 cm³/mol. The number of carbonyl (C=O) groups excluding carboxylic acids is 1. The van der Waals surface area contributed by atoms with Gasteiger partial charge in [-0.25, -0.2) is 4.98 Å². The van der Waals surface area contributed by atoms with Crippen LogP contribution in [0.5, 0.6) is 0 Å². The molecule has 1 aliphatic rings. The van der Waals surface area contributed by atoms with Crippen molar-refractivity contribution in [3.8, 4) is 0 Å². The first kappa shape index (κ1) is 23.2. The van der Waals surface area contributed by atoms with Gasteiger partial charge < -0.3 is 9.64 Å². The van der Waals surface area contributed by atoms with Crippen LogP contribution in [0.3, 0.4) is 0 Å². The number of nitrogens with zero attached hydrogens (tertiary/aromatic N) is 4. The van der Waals surface area contributed by atoms with Crippen LogP contribution >= 0.6 is 24.0 Å². The number of aromatic nitrogens is 2. The number of benzene rings is 1. The molecular weight excluding hydrogens is 456 g/mol. The smallest absolute Gasteiger partial charge is 0.267 e. The third kappa shape index (κ3) is 4.71. The molecule has 1 fully saturated rings. The van der Waals surface area contributed by atoms with Crippen LogP contribution in [-0.2, 0) is 16.1 Å². The number of hydrogen-bond donors (Lipinski definition) is 0. The van der Waals surface area contributed by atoms with Crippen molar-refractivity contribution in [2.45, 2.75) is 13.5 Å². The van der Waals surface area contributed by atoms with Gasteiger partial charge in [0.25, 0.3) is 11.5 Å². The lowest BCUT2D eigenvalue weighted by atomic mass is 10.2. The highest BCUT2D eigenvalue weighted by atomic mass is 32.2. The summed E-state index contributed by atoms with van der Waals surface area (Å²) in [4.78, 5) is 35.2. The number of pyridine rings is 1. The molecule has 4 rings (SSSR count). The lowest BCUT2D eigenvalue weighted by molar-refractivity contribution is -0.122. The number of anilines is 1. The number of thioether (sulfide) groups is 1. The van der Waals surface area contributed by atoms with Crippen molar-refractivity contribution in [3.05, 3.63) is 80.6 Å². The van der Waals surface area contributed by atoms with Gasteiger partial charge in [-0.3, -0.25) is 18.9 Å². The van der Waals surface area contributed by atoms with Crippen molar-refractivity contribution in [2.75, 3.05) is 32.2 Å². The number of carbonyl (C=O) groups is 1. The summed E-state index contributed by atoms with van der Waals surface area (Å²) in [6.45, 7) is 3.23. The molecule has 0 unspecified atom stereocenters. The number of hydrogen-bond acceptors (Lipinski definition) is 7. The van der Waals surface area contributed by atoms with E-state index in [1.165, 1.54) is 21.1 Å². The van der Waals surface area contributed by atoms with Gasteiger partial charge in [0.15, 0.2) is 0 Å². The van der Waals surface area contributed by atoms with Crippen LogP contribution < -0.4 is 10.5 Å². The fraction of sp³-hybridized carbons (Fsp3) is 0.250. The average molecular weight is 481 g/mol. The molecule has 2 aromatic heterocycles. The summed E-state index contributed by atoms with van der Waals surface area (Å²) < 4.78 is 7.06. The van der Waals surface area contributed by atoms with Crippen LogP contribution in [0.4, 0.5) is 5.82 Å². The second kappa shape index (κ2) is 9.86. The van der Waals surface area contributed by atoms with Crippen LogP contribution in [0.1, 0.15) is 16.7 Å². The number of aryl methyl sites for hydroxylation is 1. The van der Waals surface area contributed by atoms with Crippen molar-refractivity contribution in [2.24, 2.45) is 0 Å². The number of ether oxygens (including phenoxy) is 1. The van der Waals surface area contributed by atoms with E-state index in [0.717, 1.165) is 11.1 Å². The Morgan fingerprint density at radius 3 is 2.67 bits per heavy atom. The molecule has 170 valence electrons. The van der Waals surface area contributed by atoms with Gasteiger partial charge in [-0.15, -0.1) is 0 Å². The average Bonchev–Trinajstić information content (AvgIpc) is 3.07. The zero-order valence-electron chi connectivity index (χ0n) is 18.6. The number of amides is 1. The molecule has 0 radical (unpaired) electrons. The monoisotopic (exact) mass is 480 g/mol. The Labute approximate surface area is 201 Å². The molecule has 0 aliphatic carbocycles. The van der Waals surface area contributed by atoms with Crippen molar-refractivity contribution in [1.29, 1.82) is 0 Å². The molecule has 3 heterocycles. The third-order valence-corrected chi connectivity index (χ3v) is 6.73. The zero-order chi connectivity index (χ0) is 23.5. The molecule has 0 spiro atoms. The Kier molecular flexibility index (Phi) is 6.92. The van der Waals surface area contributed by atoms with Gasteiger partial charge in [0.1, 0.15) is 15.8 Å². The second-order valence-electron chi connectivity index (χ2n) is 7.71. The van der Waals surface area contributed by atoms with Gasteiger partial charge in [-0.2, -0.15) is 0 Å². The maximum Gasteiger partial charge on any atom is 0.267 e. The van der Waals surface area contributed by atoms with Crippen LogP contribution in [0.2, 0.25) is 0 Å². The van der Waals surface area contributed by atoms with E-state index in [1.54, 1.807) is 19.4 Å². The normalized spacial score (nSPS) is 15.1. The quantitative estimate of drug-likeness (QED) is 0.379. The first-order valence-electron chi connectivity index (χ1n) is 10.4. The fourth-order valence-corrected chi connectivity index (χ4v) is 4.95. The molecule has 1 saturated heterocycles. The van der Waals surface area contributed by atoms with Gasteiger partial charge in [0.05, 0.1) is 23.6 Å². The summed E-state index contributed by atoms with van der Waals surface area (Å²) in [7, 11) is 3.47. The van der Waals surface area contributed by atoms with E-state index in [9.17, 15) is 9.59 Å². The van der Waals surface area contributed by atoms with E-state index in [4.69, 9.17) is 21.9 Å². The highest BCUT2D eigenvalue weighted by Crippen LogP contribution is 2.33. The Morgan fingerprint density at radius 2 is 1.94 bits per heavy atom. The molecule has 7 nitrogen and oxygen atoms in total. The van der Waals surface area contributed by atoms with Gasteiger partial charge >= 0.3 is 0 Å². The minimum atomic E-state index is -0.235. The van der Waals surface area contributed by atoms with E-state index in [1.807, 2.05) is 61.3 Å². The summed E-state index contributed by atoms with van der Waals surface area (Å²) in [6.07, 6.45) is 3.31. The Bertz CT molecular complexity index is 1300. The molecule has 1 amide bonds. The molecule has 3 aromatic rings. The van der Waals surface area contributed by atoms with Crippen LogP contribution in [0, 0.1) is 6.92 Å². The minimum Gasteiger partial charge on any atom is -0.383 e. The standard InChI is InChI=1S/C24H24N4O3S2/c1-16-8-7-11-27-20(16)25-21(26(2)15-17-9-5-4-6-10-17)18(22(27)29)14-19-23(30)28(12-13-31-3)24(32)33-19/h4-11,14H,12-13,15H2,1-3H3/b19-14-. The molecular formula is C24H24N4O3S2. The number of rotatable bonds is 7. The third-order valence-electron chi connectivity index (χ3n) is 5.36. The van der Waals surface area contributed by atoms with Crippen molar-refractivity contribution in [3.63, 3.8) is 0 Å². The van der Waals surface area contributed by atoms with Crippen molar-refractivity contribution < 1.29 is 9.53 Å². The molecule has 0 N–H and O–H groups in total. The van der Waals surface area contributed by atoms with Gasteiger partial charge in [-0.1, -0.05) is 60.4 Å². The summed E-state index contributed by atoms with van der Waals surface area (Å²) in [5.41, 5.74) is 2.68. The first-order valence-corrected chi connectivity index (χ1v) is 11.6.